The molecule has 0 unspecified atom stereocenters. The first-order valence-corrected chi connectivity index (χ1v) is 4.97. The normalized spacial score (nSPS) is 12.2. The van der Waals surface area contributed by atoms with Gasteiger partial charge in [-0.2, -0.15) is 0 Å². The molecular formula is C11H13ClO2. The van der Waals surface area contributed by atoms with Gasteiger partial charge in [0.15, 0.2) is 0 Å². The Morgan fingerprint density at radius 2 is 2.00 bits per heavy atom. The summed E-state index contributed by atoms with van der Waals surface area (Å²) in [7, 11) is 0. The number of carbonyl (C=O) groups excluding carboxylic acids is 1. The number of rotatable bonds is 4. The Balaban J connectivity index is 2.68. The van der Waals surface area contributed by atoms with Gasteiger partial charge in [0.25, 0.3) is 5.24 Å². The van der Waals surface area contributed by atoms with E-state index in [2.05, 4.69) is 6.92 Å². The van der Waals surface area contributed by atoms with Crippen LogP contribution in [0.15, 0.2) is 24.3 Å². The molecule has 0 saturated heterocycles. The number of benzene rings is 1. The van der Waals surface area contributed by atoms with Crippen LogP contribution in [-0.4, -0.2) is 11.3 Å². The number of hydrogen-bond acceptors (Lipinski definition) is 2. The Hall–Kier alpha value is -1.02. The molecule has 0 radical (unpaired) electrons. The van der Waals surface area contributed by atoms with E-state index in [4.69, 9.17) is 16.3 Å². The van der Waals surface area contributed by atoms with E-state index in [1.807, 2.05) is 6.92 Å². The molecule has 0 spiro atoms. The van der Waals surface area contributed by atoms with Gasteiger partial charge in [-0.05, 0) is 49.2 Å². The SMILES string of the molecule is CC[C@@H](C)Oc1ccc(C(=O)Cl)cc1. The van der Waals surface area contributed by atoms with Crippen molar-refractivity contribution >= 4 is 16.8 Å². The van der Waals surface area contributed by atoms with E-state index >= 15 is 0 Å². The van der Waals surface area contributed by atoms with Crippen molar-refractivity contribution in [3.63, 3.8) is 0 Å². The van der Waals surface area contributed by atoms with Crippen molar-refractivity contribution in [3.05, 3.63) is 29.8 Å². The number of hydrogen-bond donors (Lipinski definition) is 0. The second-order valence-corrected chi connectivity index (χ2v) is 3.48. The molecule has 1 atom stereocenters. The lowest BCUT2D eigenvalue weighted by atomic mass is 10.2. The predicted molar refractivity (Wildman–Crippen MR) is 57.0 cm³/mol. The van der Waals surface area contributed by atoms with Gasteiger partial charge in [0.05, 0.1) is 6.10 Å². The molecule has 1 aromatic rings. The zero-order chi connectivity index (χ0) is 10.6. The van der Waals surface area contributed by atoms with Gasteiger partial charge in [-0.25, -0.2) is 0 Å². The summed E-state index contributed by atoms with van der Waals surface area (Å²) in [5, 5.41) is -0.444. The van der Waals surface area contributed by atoms with Crippen LogP contribution in [0.1, 0.15) is 30.6 Å². The van der Waals surface area contributed by atoms with Gasteiger partial charge in [0, 0.05) is 5.56 Å². The molecule has 1 rings (SSSR count). The lowest BCUT2D eigenvalue weighted by Gasteiger charge is -2.12. The monoisotopic (exact) mass is 212 g/mol. The van der Waals surface area contributed by atoms with Crippen molar-refractivity contribution in [1.29, 1.82) is 0 Å². The summed E-state index contributed by atoms with van der Waals surface area (Å²) >= 11 is 5.31. The molecule has 0 fully saturated rings. The first-order valence-electron chi connectivity index (χ1n) is 4.60. The van der Waals surface area contributed by atoms with E-state index in [9.17, 15) is 4.79 Å². The van der Waals surface area contributed by atoms with E-state index in [1.165, 1.54) is 0 Å². The van der Waals surface area contributed by atoms with E-state index in [0.717, 1.165) is 12.2 Å². The van der Waals surface area contributed by atoms with Crippen molar-refractivity contribution in [3.8, 4) is 5.75 Å². The smallest absolute Gasteiger partial charge is 0.252 e. The highest BCUT2D eigenvalue weighted by atomic mass is 35.5. The number of carbonyl (C=O) groups is 1. The number of halogens is 1. The topological polar surface area (TPSA) is 26.3 Å². The van der Waals surface area contributed by atoms with Crippen LogP contribution in [0.3, 0.4) is 0 Å². The Morgan fingerprint density at radius 1 is 1.43 bits per heavy atom. The minimum atomic E-state index is -0.444. The summed E-state index contributed by atoms with van der Waals surface area (Å²) < 4.78 is 5.54. The summed E-state index contributed by atoms with van der Waals surface area (Å²) in [5.41, 5.74) is 0.489. The fraction of sp³-hybridized carbons (Fsp3) is 0.364. The quantitative estimate of drug-likeness (QED) is 0.717. The molecule has 0 aliphatic carbocycles. The summed E-state index contributed by atoms with van der Waals surface area (Å²) in [6, 6.07) is 6.82. The Kier molecular flexibility index (Phi) is 3.96. The van der Waals surface area contributed by atoms with Crippen LogP contribution in [0, 0.1) is 0 Å². The lowest BCUT2D eigenvalue weighted by molar-refractivity contribution is 0.108. The average Bonchev–Trinajstić information content (AvgIpc) is 2.18. The van der Waals surface area contributed by atoms with Crippen molar-refractivity contribution in [2.24, 2.45) is 0 Å². The second kappa shape index (κ2) is 5.01. The van der Waals surface area contributed by atoms with Crippen LogP contribution in [0.4, 0.5) is 0 Å². The molecule has 0 saturated carbocycles. The van der Waals surface area contributed by atoms with Crippen molar-refractivity contribution in [2.45, 2.75) is 26.4 Å². The first kappa shape index (κ1) is 11.1. The van der Waals surface area contributed by atoms with Crippen LogP contribution < -0.4 is 4.74 Å². The molecule has 1 aromatic carbocycles. The molecule has 3 heteroatoms. The third kappa shape index (κ3) is 3.04. The highest BCUT2D eigenvalue weighted by Crippen LogP contribution is 2.15. The molecule has 0 N–H and O–H groups in total. The third-order valence-electron chi connectivity index (χ3n) is 1.99. The van der Waals surface area contributed by atoms with Crippen LogP contribution in [0.2, 0.25) is 0 Å². The van der Waals surface area contributed by atoms with E-state index in [1.54, 1.807) is 24.3 Å². The largest absolute Gasteiger partial charge is 0.491 e. The van der Waals surface area contributed by atoms with Crippen molar-refractivity contribution in [2.75, 3.05) is 0 Å². The minimum Gasteiger partial charge on any atom is -0.491 e. The summed E-state index contributed by atoms with van der Waals surface area (Å²) in [4.78, 5) is 10.8. The fourth-order valence-electron chi connectivity index (χ4n) is 0.980. The Morgan fingerprint density at radius 3 is 2.43 bits per heavy atom. The van der Waals surface area contributed by atoms with E-state index < -0.39 is 5.24 Å². The van der Waals surface area contributed by atoms with Gasteiger partial charge in [0.2, 0.25) is 0 Å². The Bertz CT molecular complexity index is 306. The highest BCUT2D eigenvalue weighted by molar-refractivity contribution is 6.67. The summed E-state index contributed by atoms with van der Waals surface area (Å²) in [6.07, 6.45) is 1.14. The molecule has 0 aromatic heterocycles. The molecule has 76 valence electrons. The van der Waals surface area contributed by atoms with Crippen LogP contribution in [-0.2, 0) is 0 Å². The van der Waals surface area contributed by atoms with Gasteiger partial charge >= 0.3 is 0 Å². The molecule has 2 nitrogen and oxygen atoms in total. The third-order valence-corrected chi connectivity index (χ3v) is 2.21. The minimum absolute atomic E-state index is 0.188. The predicted octanol–water partition coefficient (Wildman–Crippen LogP) is 3.24. The zero-order valence-electron chi connectivity index (χ0n) is 8.29. The second-order valence-electron chi connectivity index (χ2n) is 3.13. The maximum absolute atomic E-state index is 10.8. The van der Waals surface area contributed by atoms with E-state index in [-0.39, 0.29) is 6.10 Å². The average molecular weight is 213 g/mol. The highest BCUT2D eigenvalue weighted by Gasteiger charge is 2.03. The van der Waals surface area contributed by atoms with Gasteiger partial charge in [-0.1, -0.05) is 6.92 Å². The van der Waals surface area contributed by atoms with Gasteiger partial charge in [0.1, 0.15) is 5.75 Å². The van der Waals surface area contributed by atoms with Crippen molar-refractivity contribution < 1.29 is 9.53 Å². The van der Waals surface area contributed by atoms with Gasteiger partial charge < -0.3 is 4.74 Å². The zero-order valence-corrected chi connectivity index (χ0v) is 9.04. The van der Waals surface area contributed by atoms with Crippen molar-refractivity contribution in [1.82, 2.24) is 0 Å². The molecule has 0 heterocycles. The lowest BCUT2D eigenvalue weighted by Crippen LogP contribution is -2.09. The van der Waals surface area contributed by atoms with Gasteiger partial charge in [-0.3, -0.25) is 4.79 Å². The van der Waals surface area contributed by atoms with Gasteiger partial charge in [-0.15, -0.1) is 0 Å². The maximum Gasteiger partial charge on any atom is 0.252 e. The van der Waals surface area contributed by atoms with E-state index in [0.29, 0.717) is 5.56 Å². The standard InChI is InChI=1S/C11H13ClO2/c1-3-8(2)14-10-6-4-9(5-7-10)11(12)13/h4-8H,3H2,1-2H3/t8-/m1/s1. The molecular weight excluding hydrogens is 200 g/mol. The molecule has 0 amide bonds. The summed E-state index contributed by atoms with van der Waals surface area (Å²) in [5.74, 6) is 0.765. The number of ether oxygens (including phenoxy) is 1. The fourth-order valence-corrected chi connectivity index (χ4v) is 1.11. The Labute approximate surface area is 88.8 Å². The summed E-state index contributed by atoms with van der Waals surface area (Å²) in [6.45, 7) is 4.06. The molecule has 0 aliphatic rings. The van der Waals surface area contributed by atoms with Crippen LogP contribution in [0.5, 0.6) is 5.75 Å². The molecule has 14 heavy (non-hydrogen) atoms. The first-order chi connectivity index (χ1) is 6.63. The van der Waals surface area contributed by atoms with Crippen LogP contribution in [0.25, 0.3) is 0 Å². The van der Waals surface area contributed by atoms with Crippen LogP contribution >= 0.6 is 11.6 Å². The molecule has 0 bridgehead atoms. The molecule has 0 aliphatic heterocycles. The maximum atomic E-state index is 10.8.